The first-order valence-corrected chi connectivity index (χ1v) is 11.2. The summed E-state index contributed by atoms with van der Waals surface area (Å²) < 4.78 is 48.5. The van der Waals surface area contributed by atoms with Crippen molar-refractivity contribution in [1.29, 1.82) is 0 Å². The minimum absolute atomic E-state index is 0.0188. The van der Waals surface area contributed by atoms with Crippen molar-refractivity contribution in [3.05, 3.63) is 45.3 Å². The van der Waals surface area contributed by atoms with Crippen molar-refractivity contribution in [2.75, 3.05) is 26.8 Å². The third-order valence-electron chi connectivity index (χ3n) is 5.12. The molecule has 2 aromatic rings. The van der Waals surface area contributed by atoms with Crippen molar-refractivity contribution >= 4 is 21.6 Å². The van der Waals surface area contributed by atoms with Crippen LogP contribution in [0.25, 0.3) is 0 Å². The molecule has 0 saturated carbocycles. The Morgan fingerprint density at radius 3 is 2.59 bits per heavy atom. The van der Waals surface area contributed by atoms with E-state index in [0.717, 1.165) is 12.1 Å². The molecule has 1 aliphatic rings. The maximum atomic E-state index is 13.4. The van der Waals surface area contributed by atoms with E-state index in [0.29, 0.717) is 38.4 Å². The molecule has 0 radical (unpaired) electrons. The number of sulfonamides is 1. The molecule has 11 heteroatoms. The zero-order chi connectivity index (χ0) is 21.2. The van der Waals surface area contributed by atoms with Crippen LogP contribution in [0.3, 0.4) is 0 Å². The molecule has 1 aromatic heterocycles. The molecule has 0 unspecified atom stereocenters. The lowest BCUT2D eigenvalue weighted by atomic mass is 9.97. The minimum atomic E-state index is -3.77. The molecule has 0 N–H and O–H groups in total. The fourth-order valence-electron chi connectivity index (χ4n) is 3.52. The molecule has 2 heterocycles. The van der Waals surface area contributed by atoms with Gasteiger partial charge in [0.2, 0.25) is 10.0 Å². The van der Waals surface area contributed by atoms with Gasteiger partial charge in [-0.15, -0.1) is 0 Å². The van der Waals surface area contributed by atoms with Crippen LogP contribution in [-0.2, 0) is 27.8 Å². The van der Waals surface area contributed by atoms with Crippen LogP contribution in [0.15, 0.2) is 27.9 Å². The highest BCUT2D eigenvalue weighted by atomic mass is 35.5. The van der Waals surface area contributed by atoms with Gasteiger partial charge in [-0.1, -0.05) is 11.6 Å². The zero-order valence-corrected chi connectivity index (χ0v) is 17.9. The Bertz CT molecular complexity index is 1030. The Morgan fingerprint density at radius 1 is 1.31 bits per heavy atom. The molecule has 3 rings (SSSR count). The smallest absolute Gasteiger partial charge is 0.345 e. The number of rotatable bonds is 7. The summed E-state index contributed by atoms with van der Waals surface area (Å²) >= 11 is 5.74. The molecule has 1 saturated heterocycles. The van der Waals surface area contributed by atoms with Gasteiger partial charge >= 0.3 is 5.69 Å². The second-order valence-corrected chi connectivity index (χ2v) is 9.20. The molecule has 1 aromatic carbocycles. The van der Waals surface area contributed by atoms with Gasteiger partial charge in [-0.05, 0) is 38.0 Å². The van der Waals surface area contributed by atoms with Gasteiger partial charge in [0.25, 0.3) is 0 Å². The Labute approximate surface area is 173 Å². The highest BCUT2D eigenvalue weighted by molar-refractivity contribution is 7.89. The first-order chi connectivity index (χ1) is 13.8. The fourth-order valence-corrected chi connectivity index (χ4v) is 5.26. The van der Waals surface area contributed by atoms with Crippen LogP contribution in [0.4, 0.5) is 4.39 Å². The Balaban J connectivity index is 1.76. The SMILES string of the molecule is CCn1c(C2CCN(S(=O)(=O)c3ccc(F)c(Cl)c3)CC2)nn(CCOC)c1=O. The number of piperidine rings is 1. The number of nitrogens with zero attached hydrogens (tertiary/aromatic N) is 4. The molecular weight excluding hydrogens is 423 g/mol. The molecule has 8 nitrogen and oxygen atoms in total. The van der Waals surface area contributed by atoms with Gasteiger partial charge in [-0.2, -0.15) is 9.40 Å². The normalized spacial score (nSPS) is 16.4. The number of aromatic nitrogens is 3. The van der Waals surface area contributed by atoms with Crippen molar-refractivity contribution in [2.24, 2.45) is 0 Å². The quantitative estimate of drug-likeness (QED) is 0.649. The number of methoxy groups -OCH3 is 1. The predicted molar refractivity (Wildman–Crippen MR) is 106 cm³/mol. The summed E-state index contributed by atoms with van der Waals surface area (Å²) in [7, 11) is -2.20. The molecule has 0 aliphatic carbocycles. The summed E-state index contributed by atoms with van der Waals surface area (Å²) in [5, 5.41) is 4.24. The first kappa shape index (κ1) is 21.9. The molecule has 0 atom stereocenters. The van der Waals surface area contributed by atoms with Crippen molar-refractivity contribution in [2.45, 2.75) is 43.7 Å². The third kappa shape index (κ3) is 4.40. The van der Waals surface area contributed by atoms with E-state index >= 15 is 0 Å². The van der Waals surface area contributed by atoms with Crippen LogP contribution in [0.5, 0.6) is 0 Å². The van der Waals surface area contributed by atoms with Gasteiger partial charge < -0.3 is 4.74 Å². The van der Waals surface area contributed by atoms with E-state index in [-0.39, 0.29) is 34.6 Å². The summed E-state index contributed by atoms with van der Waals surface area (Å²) in [6.07, 6.45) is 1.07. The highest BCUT2D eigenvalue weighted by Gasteiger charge is 2.32. The lowest BCUT2D eigenvalue weighted by Crippen LogP contribution is -2.38. The van der Waals surface area contributed by atoms with Gasteiger partial charge in [0.05, 0.1) is 23.1 Å². The van der Waals surface area contributed by atoms with Crippen LogP contribution < -0.4 is 5.69 Å². The van der Waals surface area contributed by atoms with Gasteiger partial charge in [0, 0.05) is 32.7 Å². The second-order valence-electron chi connectivity index (χ2n) is 6.86. The van der Waals surface area contributed by atoms with Crippen molar-refractivity contribution in [1.82, 2.24) is 18.7 Å². The largest absolute Gasteiger partial charge is 0.383 e. The van der Waals surface area contributed by atoms with Gasteiger partial charge in [0.1, 0.15) is 11.6 Å². The van der Waals surface area contributed by atoms with E-state index in [1.54, 1.807) is 11.7 Å². The van der Waals surface area contributed by atoms with E-state index in [9.17, 15) is 17.6 Å². The summed E-state index contributed by atoms with van der Waals surface area (Å²) in [5.41, 5.74) is -0.185. The number of halogens is 2. The van der Waals surface area contributed by atoms with E-state index in [1.165, 1.54) is 15.1 Å². The summed E-state index contributed by atoms with van der Waals surface area (Å²) in [6, 6.07) is 3.40. The monoisotopic (exact) mass is 446 g/mol. The topological polar surface area (TPSA) is 86.4 Å². The van der Waals surface area contributed by atoms with Crippen LogP contribution in [0, 0.1) is 5.82 Å². The van der Waals surface area contributed by atoms with E-state index in [2.05, 4.69) is 5.10 Å². The summed E-state index contributed by atoms with van der Waals surface area (Å²) in [4.78, 5) is 12.5. The Morgan fingerprint density at radius 2 is 2.00 bits per heavy atom. The standard InChI is InChI=1S/C18H24ClFN4O4S/c1-3-23-17(21-24(18(23)25)10-11-28-2)13-6-8-22(9-7-13)29(26,27)14-4-5-16(20)15(19)12-14/h4-5,12-13H,3,6-11H2,1-2H3. The van der Waals surface area contributed by atoms with Crippen LogP contribution in [-0.4, -0.2) is 53.9 Å². The van der Waals surface area contributed by atoms with E-state index < -0.39 is 15.8 Å². The number of hydrogen-bond acceptors (Lipinski definition) is 5. The van der Waals surface area contributed by atoms with Crippen molar-refractivity contribution < 1.29 is 17.5 Å². The minimum Gasteiger partial charge on any atom is -0.383 e. The number of benzene rings is 1. The lowest BCUT2D eigenvalue weighted by molar-refractivity contribution is 0.182. The molecule has 29 heavy (non-hydrogen) atoms. The molecule has 0 bridgehead atoms. The molecule has 1 aliphatic heterocycles. The van der Waals surface area contributed by atoms with Crippen LogP contribution >= 0.6 is 11.6 Å². The van der Waals surface area contributed by atoms with Crippen molar-refractivity contribution in [3.8, 4) is 0 Å². The third-order valence-corrected chi connectivity index (χ3v) is 7.31. The molecule has 0 spiro atoms. The summed E-state index contributed by atoms with van der Waals surface area (Å²) in [5.74, 6) is -0.00361. The van der Waals surface area contributed by atoms with Gasteiger partial charge in [0.15, 0.2) is 0 Å². The van der Waals surface area contributed by atoms with Crippen molar-refractivity contribution in [3.63, 3.8) is 0 Å². The van der Waals surface area contributed by atoms with E-state index in [1.807, 2.05) is 6.92 Å². The second kappa shape index (κ2) is 8.95. The van der Waals surface area contributed by atoms with Crippen LogP contribution in [0.1, 0.15) is 31.5 Å². The zero-order valence-electron chi connectivity index (χ0n) is 16.3. The lowest BCUT2D eigenvalue weighted by Gasteiger charge is -2.30. The van der Waals surface area contributed by atoms with Gasteiger partial charge in [-0.3, -0.25) is 4.57 Å². The molecule has 1 fully saturated rings. The average molecular weight is 447 g/mol. The van der Waals surface area contributed by atoms with Crippen LogP contribution in [0.2, 0.25) is 5.02 Å². The summed E-state index contributed by atoms with van der Waals surface area (Å²) in [6.45, 7) is 3.69. The molecule has 160 valence electrons. The Hall–Kier alpha value is -1.75. The number of ether oxygens (including phenoxy) is 1. The molecule has 0 amide bonds. The van der Waals surface area contributed by atoms with Gasteiger partial charge in [-0.25, -0.2) is 22.3 Å². The highest BCUT2D eigenvalue weighted by Crippen LogP contribution is 2.30. The Kier molecular flexibility index (Phi) is 6.77. The van der Waals surface area contributed by atoms with E-state index in [4.69, 9.17) is 16.3 Å². The average Bonchev–Trinajstić information content (AvgIpc) is 3.03. The maximum Gasteiger partial charge on any atom is 0.345 e. The fraction of sp³-hybridized carbons (Fsp3) is 0.556. The predicted octanol–water partition coefficient (Wildman–Crippen LogP) is 2.07. The molecular formula is C18H24ClFN4O4S. The maximum absolute atomic E-state index is 13.4. The number of hydrogen-bond donors (Lipinski definition) is 0. The first-order valence-electron chi connectivity index (χ1n) is 9.41.